The Hall–Kier alpha value is -1.27. The number of halogens is 1. The minimum absolute atomic E-state index is 0.00981. The molecule has 0 fully saturated rings. The molecule has 0 aliphatic heterocycles. The van der Waals surface area contributed by atoms with Gasteiger partial charge in [0, 0.05) is 5.02 Å². The Morgan fingerprint density at radius 2 is 2.00 bits per heavy atom. The van der Waals surface area contributed by atoms with Crippen LogP contribution < -0.4 is 4.72 Å². The summed E-state index contributed by atoms with van der Waals surface area (Å²) in [5.41, 5.74) is -0.169. The summed E-state index contributed by atoms with van der Waals surface area (Å²) in [4.78, 5) is 10.9. The molecule has 0 radical (unpaired) electrons. The second-order valence-corrected chi connectivity index (χ2v) is 6.36. The van der Waals surface area contributed by atoms with Crippen molar-refractivity contribution < 1.29 is 18.3 Å². The standard InChI is InChI=1S/C10H12ClNO4S/c1-6(2)17(15,16)12-9-4-3-7(11)5-8(9)10(13)14/h3-6,12H,1-2H3,(H,13,14). The lowest BCUT2D eigenvalue weighted by atomic mass is 10.2. The van der Waals surface area contributed by atoms with Crippen LogP contribution in [0.2, 0.25) is 5.02 Å². The number of benzene rings is 1. The second-order valence-electron chi connectivity index (χ2n) is 3.69. The fourth-order valence-corrected chi connectivity index (χ4v) is 1.95. The number of sulfonamides is 1. The highest BCUT2D eigenvalue weighted by Crippen LogP contribution is 2.22. The maximum Gasteiger partial charge on any atom is 0.337 e. The van der Waals surface area contributed by atoms with E-state index in [1.165, 1.54) is 32.0 Å². The zero-order chi connectivity index (χ0) is 13.2. The Kier molecular flexibility index (Phi) is 4.00. The number of rotatable bonds is 4. The third-order valence-corrected chi connectivity index (χ3v) is 4.07. The van der Waals surface area contributed by atoms with Gasteiger partial charge in [0.25, 0.3) is 0 Å². The molecule has 0 aliphatic carbocycles. The van der Waals surface area contributed by atoms with Gasteiger partial charge in [-0.1, -0.05) is 11.6 Å². The van der Waals surface area contributed by atoms with Crippen LogP contribution in [0, 0.1) is 0 Å². The number of carboxylic acid groups (broad SMARTS) is 1. The topological polar surface area (TPSA) is 83.5 Å². The van der Waals surface area contributed by atoms with Gasteiger partial charge < -0.3 is 5.11 Å². The fourth-order valence-electron chi connectivity index (χ4n) is 1.05. The summed E-state index contributed by atoms with van der Waals surface area (Å²) in [5, 5.41) is 8.51. The van der Waals surface area contributed by atoms with Crippen LogP contribution >= 0.6 is 11.6 Å². The molecule has 0 saturated heterocycles. The van der Waals surface area contributed by atoms with Crippen LogP contribution in [0.25, 0.3) is 0 Å². The highest BCUT2D eigenvalue weighted by molar-refractivity contribution is 7.93. The molecule has 0 saturated carbocycles. The van der Waals surface area contributed by atoms with Crippen molar-refractivity contribution in [2.75, 3.05) is 4.72 Å². The molecule has 0 unspecified atom stereocenters. The Morgan fingerprint density at radius 3 is 2.47 bits per heavy atom. The zero-order valence-electron chi connectivity index (χ0n) is 9.27. The lowest BCUT2D eigenvalue weighted by Crippen LogP contribution is -2.23. The zero-order valence-corrected chi connectivity index (χ0v) is 10.8. The van der Waals surface area contributed by atoms with Gasteiger partial charge in [-0.05, 0) is 32.0 Å². The van der Waals surface area contributed by atoms with E-state index in [4.69, 9.17) is 16.7 Å². The second kappa shape index (κ2) is 4.93. The smallest absolute Gasteiger partial charge is 0.337 e. The maximum absolute atomic E-state index is 11.6. The Morgan fingerprint density at radius 1 is 1.41 bits per heavy atom. The van der Waals surface area contributed by atoms with Gasteiger partial charge >= 0.3 is 5.97 Å². The van der Waals surface area contributed by atoms with Crippen molar-refractivity contribution in [3.05, 3.63) is 28.8 Å². The van der Waals surface area contributed by atoms with Gasteiger partial charge in [-0.15, -0.1) is 0 Å². The van der Waals surface area contributed by atoms with Gasteiger partial charge in [-0.3, -0.25) is 4.72 Å². The van der Waals surface area contributed by atoms with Gasteiger partial charge in [0.05, 0.1) is 16.5 Å². The molecule has 0 aliphatic rings. The molecule has 7 heteroatoms. The van der Waals surface area contributed by atoms with Crippen molar-refractivity contribution >= 4 is 33.3 Å². The summed E-state index contributed by atoms with van der Waals surface area (Å²) in [6, 6.07) is 3.94. The van der Waals surface area contributed by atoms with Crippen LogP contribution in [0.15, 0.2) is 18.2 Å². The highest BCUT2D eigenvalue weighted by atomic mass is 35.5. The fraction of sp³-hybridized carbons (Fsp3) is 0.300. The van der Waals surface area contributed by atoms with E-state index in [-0.39, 0.29) is 16.3 Å². The Balaban J connectivity index is 3.20. The summed E-state index contributed by atoms with van der Waals surface area (Å²) in [5.74, 6) is -1.24. The average Bonchev–Trinajstić information content (AvgIpc) is 2.19. The molecule has 5 nitrogen and oxygen atoms in total. The molecule has 1 aromatic rings. The summed E-state index contributed by atoms with van der Waals surface area (Å²) in [6.07, 6.45) is 0. The summed E-state index contributed by atoms with van der Waals surface area (Å²) in [6.45, 7) is 3.00. The molecule has 94 valence electrons. The number of carboxylic acids is 1. The number of carbonyl (C=O) groups is 1. The van der Waals surface area contributed by atoms with Crippen molar-refractivity contribution in [1.82, 2.24) is 0 Å². The predicted octanol–water partition coefficient (Wildman–Crippen LogP) is 2.19. The van der Waals surface area contributed by atoms with Crippen LogP contribution in [0.1, 0.15) is 24.2 Å². The van der Waals surface area contributed by atoms with E-state index in [1.54, 1.807) is 0 Å². The van der Waals surface area contributed by atoms with Gasteiger partial charge in [0.15, 0.2) is 0 Å². The molecule has 0 bridgehead atoms. The van der Waals surface area contributed by atoms with Gasteiger partial charge in [0.2, 0.25) is 10.0 Å². The lowest BCUT2D eigenvalue weighted by Gasteiger charge is -2.12. The van der Waals surface area contributed by atoms with Gasteiger partial charge in [0.1, 0.15) is 0 Å². The molecule has 0 atom stereocenters. The molecule has 0 spiro atoms. The summed E-state index contributed by atoms with van der Waals surface area (Å²) >= 11 is 5.65. The summed E-state index contributed by atoms with van der Waals surface area (Å²) < 4.78 is 25.5. The van der Waals surface area contributed by atoms with E-state index < -0.39 is 21.2 Å². The number of nitrogens with one attached hydrogen (secondary N) is 1. The van der Waals surface area contributed by atoms with Gasteiger partial charge in [-0.2, -0.15) is 0 Å². The van der Waals surface area contributed by atoms with E-state index in [1.807, 2.05) is 0 Å². The van der Waals surface area contributed by atoms with Crippen LogP contribution in [0.5, 0.6) is 0 Å². The minimum Gasteiger partial charge on any atom is -0.478 e. The van der Waals surface area contributed by atoms with E-state index in [0.29, 0.717) is 0 Å². The largest absolute Gasteiger partial charge is 0.478 e. The molecule has 1 aromatic carbocycles. The maximum atomic E-state index is 11.6. The monoisotopic (exact) mass is 277 g/mol. The molecule has 0 heterocycles. The van der Waals surface area contributed by atoms with Crippen molar-refractivity contribution in [3.63, 3.8) is 0 Å². The third-order valence-electron chi connectivity index (χ3n) is 2.08. The van der Waals surface area contributed by atoms with Crippen LogP contribution in [0.4, 0.5) is 5.69 Å². The Labute approximate surface area is 104 Å². The molecule has 0 amide bonds. The first kappa shape index (κ1) is 13.8. The highest BCUT2D eigenvalue weighted by Gasteiger charge is 2.19. The van der Waals surface area contributed by atoms with E-state index in [2.05, 4.69) is 4.72 Å². The first-order valence-corrected chi connectivity index (χ1v) is 6.71. The third kappa shape index (κ3) is 3.34. The lowest BCUT2D eigenvalue weighted by molar-refractivity contribution is 0.0698. The number of aromatic carboxylic acids is 1. The van der Waals surface area contributed by atoms with Gasteiger partial charge in [-0.25, -0.2) is 13.2 Å². The molecule has 2 N–H and O–H groups in total. The minimum atomic E-state index is -3.58. The van der Waals surface area contributed by atoms with Crippen molar-refractivity contribution in [1.29, 1.82) is 0 Å². The quantitative estimate of drug-likeness (QED) is 0.884. The van der Waals surface area contributed by atoms with Crippen LogP contribution in [0.3, 0.4) is 0 Å². The number of hydrogen-bond donors (Lipinski definition) is 2. The predicted molar refractivity (Wildman–Crippen MR) is 66.1 cm³/mol. The first-order chi connectivity index (χ1) is 7.74. The molecule has 0 aromatic heterocycles. The van der Waals surface area contributed by atoms with Crippen LogP contribution in [-0.4, -0.2) is 24.7 Å². The first-order valence-electron chi connectivity index (χ1n) is 4.78. The van der Waals surface area contributed by atoms with E-state index in [0.717, 1.165) is 0 Å². The SMILES string of the molecule is CC(C)S(=O)(=O)Nc1ccc(Cl)cc1C(=O)O. The normalized spacial score (nSPS) is 11.5. The molecule has 1 rings (SSSR count). The van der Waals surface area contributed by atoms with E-state index >= 15 is 0 Å². The van der Waals surface area contributed by atoms with Crippen molar-refractivity contribution in [2.24, 2.45) is 0 Å². The molecular weight excluding hydrogens is 266 g/mol. The van der Waals surface area contributed by atoms with E-state index in [9.17, 15) is 13.2 Å². The van der Waals surface area contributed by atoms with Crippen LogP contribution in [-0.2, 0) is 10.0 Å². The number of hydrogen-bond acceptors (Lipinski definition) is 3. The summed E-state index contributed by atoms with van der Waals surface area (Å²) in [7, 11) is -3.58. The average molecular weight is 278 g/mol. The van der Waals surface area contributed by atoms with Crippen molar-refractivity contribution in [2.45, 2.75) is 19.1 Å². The van der Waals surface area contributed by atoms with Crippen molar-refractivity contribution in [3.8, 4) is 0 Å². The number of anilines is 1. The molecular formula is C10H12ClNO4S. The Bertz CT molecular complexity index is 539. The molecule has 17 heavy (non-hydrogen) atoms.